The second-order valence-electron chi connectivity index (χ2n) is 9.74. The molecule has 6 nitrogen and oxygen atoms in total. The predicted molar refractivity (Wildman–Crippen MR) is 132 cm³/mol. The molecule has 176 valence electrons. The summed E-state index contributed by atoms with van der Waals surface area (Å²) in [5, 5.41) is 8.53. The molecule has 2 heterocycles. The summed E-state index contributed by atoms with van der Waals surface area (Å²) in [6.07, 6.45) is 3.75. The normalized spacial score (nSPS) is 20.9. The van der Waals surface area contributed by atoms with Gasteiger partial charge < -0.3 is 10.2 Å². The molecule has 1 aliphatic heterocycles. The lowest BCUT2D eigenvalue weighted by Crippen LogP contribution is -2.42. The SMILES string of the molecule is CC1(C(=O)N[C@H]2CC(=O)N(c3ccc4c(cnn4-c4ccc(F)cc4)c3)[C@@H]2c2ccccc2)CC1. The highest BCUT2D eigenvalue weighted by Crippen LogP contribution is 2.46. The first-order valence-electron chi connectivity index (χ1n) is 11.8. The fourth-order valence-corrected chi connectivity index (χ4v) is 4.91. The monoisotopic (exact) mass is 468 g/mol. The third-order valence-electron chi connectivity index (χ3n) is 7.23. The Balaban J connectivity index is 1.37. The summed E-state index contributed by atoms with van der Waals surface area (Å²) in [5.74, 6) is -0.311. The standard InChI is InChI=1S/C28H25FN4O2/c1-28(13-14-28)27(35)31-23-16-25(34)32(26(23)18-5-3-2-4-6-18)22-11-12-24-19(15-22)17-30-33(24)21-9-7-20(29)8-10-21/h2-12,15,17,23,26H,13-14,16H2,1H3,(H,31,35)/t23-,26+/m0/s1. The van der Waals surface area contributed by atoms with Crippen LogP contribution >= 0.6 is 0 Å². The molecule has 0 bridgehead atoms. The minimum atomic E-state index is -0.314. The average Bonchev–Trinajstić information content (AvgIpc) is 3.35. The topological polar surface area (TPSA) is 67.2 Å². The van der Waals surface area contributed by atoms with Gasteiger partial charge in [0.05, 0.1) is 29.5 Å². The number of anilines is 1. The first-order chi connectivity index (χ1) is 16.9. The summed E-state index contributed by atoms with van der Waals surface area (Å²) in [6.45, 7) is 1.97. The van der Waals surface area contributed by atoms with Crippen LogP contribution in [0.5, 0.6) is 0 Å². The van der Waals surface area contributed by atoms with Crippen molar-refractivity contribution in [2.45, 2.75) is 38.3 Å². The minimum absolute atomic E-state index is 0.0223. The number of hydrogen-bond donors (Lipinski definition) is 1. The molecule has 0 unspecified atom stereocenters. The van der Waals surface area contributed by atoms with Gasteiger partial charge in [0.1, 0.15) is 5.82 Å². The molecule has 1 saturated heterocycles. The van der Waals surface area contributed by atoms with Gasteiger partial charge in [-0.05, 0) is 60.9 Å². The Morgan fingerprint density at radius 2 is 1.74 bits per heavy atom. The fourth-order valence-electron chi connectivity index (χ4n) is 4.91. The van der Waals surface area contributed by atoms with Gasteiger partial charge in [0.2, 0.25) is 11.8 Å². The molecule has 1 saturated carbocycles. The van der Waals surface area contributed by atoms with Gasteiger partial charge in [-0.1, -0.05) is 37.3 Å². The van der Waals surface area contributed by atoms with Crippen molar-refractivity contribution in [3.63, 3.8) is 0 Å². The fraction of sp³-hybridized carbons (Fsp3) is 0.250. The summed E-state index contributed by atoms with van der Waals surface area (Å²) in [7, 11) is 0. The molecular formula is C28H25FN4O2. The van der Waals surface area contributed by atoms with E-state index in [-0.39, 0.29) is 41.6 Å². The lowest BCUT2D eigenvalue weighted by molar-refractivity contribution is -0.126. The van der Waals surface area contributed by atoms with E-state index >= 15 is 0 Å². The lowest BCUT2D eigenvalue weighted by Gasteiger charge is -2.30. The second-order valence-corrected chi connectivity index (χ2v) is 9.74. The van der Waals surface area contributed by atoms with Gasteiger partial charge >= 0.3 is 0 Å². The number of benzene rings is 3. The van der Waals surface area contributed by atoms with E-state index in [4.69, 9.17) is 0 Å². The van der Waals surface area contributed by atoms with Crippen LogP contribution in [-0.2, 0) is 9.59 Å². The molecule has 2 amide bonds. The number of fused-ring (bicyclic) bond motifs is 1. The Bertz CT molecular complexity index is 1430. The van der Waals surface area contributed by atoms with E-state index < -0.39 is 0 Å². The molecule has 7 heteroatoms. The Labute approximate surface area is 202 Å². The summed E-state index contributed by atoms with van der Waals surface area (Å²) < 4.78 is 15.1. The van der Waals surface area contributed by atoms with Gasteiger partial charge in [-0.15, -0.1) is 0 Å². The maximum Gasteiger partial charge on any atom is 0.229 e. The van der Waals surface area contributed by atoms with Crippen molar-refractivity contribution in [3.05, 3.63) is 90.4 Å². The molecule has 3 aromatic carbocycles. The van der Waals surface area contributed by atoms with Crippen molar-refractivity contribution >= 4 is 28.4 Å². The molecule has 2 atom stereocenters. The highest BCUT2D eigenvalue weighted by molar-refractivity contribution is 6.00. The average molecular weight is 469 g/mol. The summed E-state index contributed by atoms with van der Waals surface area (Å²) in [4.78, 5) is 28.0. The smallest absolute Gasteiger partial charge is 0.229 e. The van der Waals surface area contributed by atoms with Crippen LogP contribution in [0.15, 0.2) is 79.0 Å². The van der Waals surface area contributed by atoms with E-state index in [1.165, 1.54) is 12.1 Å². The van der Waals surface area contributed by atoms with Gasteiger partial charge in [-0.25, -0.2) is 9.07 Å². The number of rotatable bonds is 5. The highest BCUT2D eigenvalue weighted by atomic mass is 19.1. The van der Waals surface area contributed by atoms with Gasteiger partial charge in [0, 0.05) is 22.9 Å². The van der Waals surface area contributed by atoms with Crippen LogP contribution in [0.2, 0.25) is 0 Å². The summed E-state index contributed by atoms with van der Waals surface area (Å²) >= 11 is 0. The number of halogens is 1. The van der Waals surface area contributed by atoms with Gasteiger partial charge in [-0.3, -0.25) is 9.59 Å². The maximum atomic E-state index is 13.4. The Morgan fingerprint density at radius 3 is 2.46 bits per heavy atom. The van der Waals surface area contributed by atoms with Crippen LogP contribution in [0.3, 0.4) is 0 Å². The molecule has 1 aromatic heterocycles. The van der Waals surface area contributed by atoms with Gasteiger partial charge in [-0.2, -0.15) is 5.10 Å². The van der Waals surface area contributed by atoms with E-state index in [0.29, 0.717) is 0 Å². The molecular weight excluding hydrogens is 443 g/mol. The van der Waals surface area contributed by atoms with Crippen molar-refractivity contribution in [3.8, 4) is 5.69 Å². The molecule has 1 N–H and O–H groups in total. The molecule has 6 rings (SSSR count). The van der Waals surface area contributed by atoms with Crippen molar-refractivity contribution in [2.75, 3.05) is 4.90 Å². The van der Waals surface area contributed by atoms with Crippen LogP contribution < -0.4 is 10.2 Å². The van der Waals surface area contributed by atoms with Crippen LogP contribution in [0.25, 0.3) is 16.6 Å². The number of carbonyl (C=O) groups excluding carboxylic acids is 2. The van der Waals surface area contributed by atoms with E-state index in [2.05, 4.69) is 10.4 Å². The number of hydrogen-bond acceptors (Lipinski definition) is 3. The molecule has 2 fully saturated rings. The second kappa shape index (κ2) is 8.05. The van der Waals surface area contributed by atoms with Crippen molar-refractivity contribution < 1.29 is 14.0 Å². The molecule has 4 aromatic rings. The van der Waals surface area contributed by atoms with E-state index in [1.54, 1.807) is 27.9 Å². The number of nitrogens with zero attached hydrogens (tertiary/aromatic N) is 3. The van der Waals surface area contributed by atoms with Crippen molar-refractivity contribution in [1.29, 1.82) is 0 Å². The molecule has 35 heavy (non-hydrogen) atoms. The lowest BCUT2D eigenvalue weighted by atomic mass is 9.98. The number of carbonyl (C=O) groups is 2. The first kappa shape index (κ1) is 21.5. The van der Waals surface area contributed by atoms with Gasteiger partial charge in [0.25, 0.3) is 0 Å². The maximum absolute atomic E-state index is 13.4. The number of amides is 2. The third-order valence-corrected chi connectivity index (χ3v) is 7.23. The molecule has 1 aliphatic carbocycles. The summed E-state index contributed by atoms with van der Waals surface area (Å²) in [6, 6.07) is 21.2. The largest absolute Gasteiger partial charge is 0.350 e. The van der Waals surface area contributed by atoms with Crippen molar-refractivity contribution in [1.82, 2.24) is 15.1 Å². The number of nitrogens with one attached hydrogen (secondary N) is 1. The van der Waals surface area contributed by atoms with E-state index in [9.17, 15) is 14.0 Å². The Morgan fingerprint density at radius 1 is 1.03 bits per heavy atom. The van der Waals surface area contributed by atoms with E-state index in [0.717, 1.165) is 40.7 Å². The molecule has 2 aliphatic rings. The summed E-state index contributed by atoms with van der Waals surface area (Å²) in [5.41, 5.74) is 3.03. The van der Waals surface area contributed by atoms with Crippen LogP contribution in [0.1, 0.15) is 37.8 Å². The van der Waals surface area contributed by atoms with Crippen molar-refractivity contribution in [2.24, 2.45) is 5.41 Å². The zero-order valence-corrected chi connectivity index (χ0v) is 19.3. The van der Waals surface area contributed by atoms with Crippen LogP contribution in [0.4, 0.5) is 10.1 Å². The minimum Gasteiger partial charge on any atom is -0.350 e. The Hall–Kier alpha value is -4.00. The van der Waals surface area contributed by atoms with Crippen LogP contribution in [-0.4, -0.2) is 27.6 Å². The quantitative estimate of drug-likeness (QED) is 0.452. The van der Waals surface area contributed by atoms with Gasteiger partial charge in [0.15, 0.2) is 0 Å². The number of aromatic nitrogens is 2. The predicted octanol–water partition coefficient (Wildman–Crippen LogP) is 4.93. The zero-order chi connectivity index (χ0) is 24.2. The van der Waals surface area contributed by atoms with E-state index in [1.807, 2.05) is 55.5 Å². The Kier molecular flexibility index (Phi) is 4.95. The first-order valence-corrected chi connectivity index (χ1v) is 11.8. The third kappa shape index (κ3) is 3.77. The highest BCUT2D eigenvalue weighted by Gasteiger charge is 2.48. The van der Waals surface area contributed by atoms with Crippen LogP contribution in [0, 0.1) is 11.2 Å². The zero-order valence-electron chi connectivity index (χ0n) is 19.3. The molecule has 0 radical (unpaired) electrons. The molecule has 0 spiro atoms.